The molecule has 5 heteroatoms. The van der Waals surface area contributed by atoms with Crippen molar-refractivity contribution in [2.45, 2.75) is 13.5 Å². The molecule has 0 N–H and O–H groups in total. The van der Waals surface area contributed by atoms with Crippen LogP contribution >= 0.6 is 0 Å². The summed E-state index contributed by atoms with van der Waals surface area (Å²) in [4.78, 5) is 15.4. The van der Waals surface area contributed by atoms with Crippen molar-refractivity contribution in [1.82, 2.24) is 15.2 Å². The van der Waals surface area contributed by atoms with E-state index >= 15 is 0 Å². The fraction of sp³-hybridized carbons (Fsp3) is 0.167. The number of ether oxygens (including phenoxy) is 1. The minimum Gasteiger partial charge on any atom is -0.456 e. The first-order chi connectivity index (χ1) is 8.25. The summed E-state index contributed by atoms with van der Waals surface area (Å²) >= 11 is 0. The van der Waals surface area contributed by atoms with Crippen molar-refractivity contribution >= 4 is 5.97 Å². The third kappa shape index (κ3) is 3.07. The number of carbonyl (C=O) groups is 1. The first kappa shape index (κ1) is 11.2. The lowest BCUT2D eigenvalue weighted by molar-refractivity contribution is 0.0463. The second-order valence-electron chi connectivity index (χ2n) is 3.45. The van der Waals surface area contributed by atoms with Crippen LogP contribution in [0.3, 0.4) is 0 Å². The van der Waals surface area contributed by atoms with Gasteiger partial charge in [-0.2, -0.15) is 0 Å². The van der Waals surface area contributed by atoms with Gasteiger partial charge in [0.25, 0.3) is 0 Å². The maximum Gasteiger partial charge on any atom is 0.360 e. The average Bonchev–Trinajstić information content (AvgIpc) is 2.38. The first-order valence-corrected chi connectivity index (χ1v) is 5.13. The zero-order valence-corrected chi connectivity index (χ0v) is 9.33. The molecule has 0 saturated heterocycles. The van der Waals surface area contributed by atoms with E-state index in [1.54, 1.807) is 6.92 Å². The van der Waals surface area contributed by atoms with Crippen LogP contribution in [0.25, 0.3) is 0 Å². The van der Waals surface area contributed by atoms with Crippen LogP contribution in [0.4, 0.5) is 0 Å². The van der Waals surface area contributed by atoms with Gasteiger partial charge in [0.1, 0.15) is 12.4 Å². The van der Waals surface area contributed by atoms with E-state index in [9.17, 15) is 4.79 Å². The van der Waals surface area contributed by atoms with Crippen molar-refractivity contribution in [2.75, 3.05) is 0 Å². The Morgan fingerprint density at radius 1 is 1.24 bits per heavy atom. The Balaban J connectivity index is 1.96. The van der Waals surface area contributed by atoms with Crippen LogP contribution in [0.2, 0.25) is 0 Å². The zero-order chi connectivity index (χ0) is 12.1. The molecule has 0 spiro atoms. The fourth-order valence-electron chi connectivity index (χ4n) is 1.22. The molecule has 0 aliphatic rings. The number of benzene rings is 1. The fourth-order valence-corrected chi connectivity index (χ4v) is 1.22. The molecule has 5 nitrogen and oxygen atoms in total. The molecular formula is C12H11N3O2. The van der Waals surface area contributed by atoms with E-state index in [0.29, 0.717) is 5.82 Å². The van der Waals surface area contributed by atoms with Gasteiger partial charge in [0.05, 0.1) is 6.20 Å². The third-order valence-electron chi connectivity index (χ3n) is 2.10. The van der Waals surface area contributed by atoms with Gasteiger partial charge in [-0.15, -0.1) is 10.2 Å². The van der Waals surface area contributed by atoms with Crippen LogP contribution < -0.4 is 0 Å². The van der Waals surface area contributed by atoms with Gasteiger partial charge in [0.15, 0.2) is 5.69 Å². The first-order valence-electron chi connectivity index (χ1n) is 5.13. The minimum absolute atomic E-state index is 0.117. The molecule has 0 unspecified atom stereocenters. The van der Waals surface area contributed by atoms with Crippen LogP contribution in [0.15, 0.2) is 36.5 Å². The number of aromatic nitrogens is 3. The molecule has 2 rings (SSSR count). The lowest BCUT2D eigenvalue weighted by Gasteiger charge is -2.03. The van der Waals surface area contributed by atoms with E-state index in [4.69, 9.17) is 4.74 Å². The lowest BCUT2D eigenvalue weighted by atomic mass is 10.2. The topological polar surface area (TPSA) is 65.0 Å². The Labute approximate surface area is 98.5 Å². The van der Waals surface area contributed by atoms with Gasteiger partial charge < -0.3 is 4.74 Å². The molecule has 0 amide bonds. The molecule has 17 heavy (non-hydrogen) atoms. The van der Waals surface area contributed by atoms with Crippen LogP contribution in [0.1, 0.15) is 21.9 Å². The largest absolute Gasteiger partial charge is 0.456 e. The van der Waals surface area contributed by atoms with Crippen LogP contribution in [0, 0.1) is 6.92 Å². The molecule has 0 saturated carbocycles. The summed E-state index contributed by atoms with van der Waals surface area (Å²) in [6.07, 6.45) is 1.36. The van der Waals surface area contributed by atoms with E-state index in [0.717, 1.165) is 5.56 Å². The van der Waals surface area contributed by atoms with Crippen molar-refractivity contribution < 1.29 is 9.53 Å². The third-order valence-corrected chi connectivity index (χ3v) is 2.10. The smallest absolute Gasteiger partial charge is 0.360 e. The highest BCUT2D eigenvalue weighted by atomic mass is 16.5. The monoisotopic (exact) mass is 229 g/mol. The molecule has 1 aromatic carbocycles. The second-order valence-corrected chi connectivity index (χ2v) is 3.45. The van der Waals surface area contributed by atoms with Gasteiger partial charge in [-0.05, 0) is 12.5 Å². The summed E-state index contributed by atoms with van der Waals surface area (Å²) in [6.45, 7) is 1.92. The summed E-state index contributed by atoms with van der Waals surface area (Å²) in [7, 11) is 0. The zero-order valence-electron chi connectivity index (χ0n) is 9.33. The van der Waals surface area contributed by atoms with E-state index in [-0.39, 0.29) is 12.3 Å². The van der Waals surface area contributed by atoms with Crippen molar-refractivity contribution in [1.29, 1.82) is 0 Å². The maximum atomic E-state index is 11.6. The van der Waals surface area contributed by atoms with Gasteiger partial charge in [-0.3, -0.25) is 0 Å². The second kappa shape index (κ2) is 5.16. The van der Waals surface area contributed by atoms with E-state index in [2.05, 4.69) is 15.2 Å². The van der Waals surface area contributed by atoms with E-state index in [1.807, 2.05) is 30.3 Å². The van der Waals surface area contributed by atoms with E-state index in [1.165, 1.54) is 6.20 Å². The molecule has 0 fully saturated rings. The van der Waals surface area contributed by atoms with Gasteiger partial charge in [0.2, 0.25) is 0 Å². The van der Waals surface area contributed by atoms with Crippen molar-refractivity contribution in [3.8, 4) is 0 Å². The Hall–Kier alpha value is -2.30. The summed E-state index contributed by atoms with van der Waals surface area (Å²) in [6, 6.07) is 9.44. The number of nitrogens with zero attached hydrogens (tertiary/aromatic N) is 3. The predicted molar refractivity (Wildman–Crippen MR) is 60.1 cm³/mol. The Morgan fingerprint density at radius 3 is 2.65 bits per heavy atom. The van der Waals surface area contributed by atoms with Gasteiger partial charge >= 0.3 is 5.97 Å². The number of rotatable bonds is 3. The normalized spacial score (nSPS) is 9.94. The van der Waals surface area contributed by atoms with Crippen LogP contribution in [-0.4, -0.2) is 21.2 Å². The molecule has 2 aromatic rings. The molecule has 1 aromatic heterocycles. The molecular weight excluding hydrogens is 218 g/mol. The van der Waals surface area contributed by atoms with Gasteiger partial charge in [-0.25, -0.2) is 9.78 Å². The molecule has 0 aliphatic carbocycles. The number of hydrogen-bond donors (Lipinski definition) is 0. The van der Waals surface area contributed by atoms with Crippen LogP contribution in [0.5, 0.6) is 0 Å². The summed E-state index contributed by atoms with van der Waals surface area (Å²) < 4.78 is 5.07. The van der Waals surface area contributed by atoms with Crippen molar-refractivity contribution in [3.63, 3.8) is 0 Å². The lowest BCUT2D eigenvalue weighted by Crippen LogP contribution is -2.09. The van der Waals surface area contributed by atoms with Crippen molar-refractivity contribution in [3.05, 3.63) is 53.6 Å². The van der Waals surface area contributed by atoms with Crippen molar-refractivity contribution in [2.24, 2.45) is 0 Å². The summed E-state index contributed by atoms with van der Waals surface area (Å²) in [5, 5.41) is 7.40. The molecule has 1 heterocycles. The quantitative estimate of drug-likeness (QED) is 0.747. The van der Waals surface area contributed by atoms with Gasteiger partial charge in [-0.1, -0.05) is 30.3 Å². The maximum absolute atomic E-state index is 11.6. The molecule has 86 valence electrons. The molecule has 0 radical (unpaired) electrons. The summed E-state index contributed by atoms with van der Waals surface area (Å²) in [5.41, 5.74) is 1.04. The predicted octanol–water partition coefficient (Wildman–Crippen LogP) is 1.54. The Bertz CT molecular complexity index is 497. The molecule has 0 aliphatic heterocycles. The number of esters is 1. The van der Waals surface area contributed by atoms with E-state index < -0.39 is 5.97 Å². The SMILES string of the molecule is Cc1ncc(C(=O)OCc2ccccc2)nn1. The average molecular weight is 229 g/mol. The number of carbonyl (C=O) groups excluding carboxylic acids is 1. The number of aryl methyl sites for hydroxylation is 1. The highest BCUT2D eigenvalue weighted by Gasteiger charge is 2.09. The molecule has 0 atom stereocenters. The Kier molecular flexibility index (Phi) is 3.40. The highest BCUT2D eigenvalue weighted by Crippen LogP contribution is 2.03. The standard InChI is InChI=1S/C12H11N3O2/c1-9-13-7-11(15-14-9)12(16)17-8-10-5-3-2-4-6-10/h2-7H,8H2,1H3. The Morgan fingerprint density at radius 2 is 2.00 bits per heavy atom. The molecule has 0 bridgehead atoms. The minimum atomic E-state index is -0.520. The number of hydrogen-bond acceptors (Lipinski definition) is 5. The highest BCUT2D eigenvalue weighted by molar-refractivity contribution is 5.86. The van der Waals surface area contributed by atoms with Crippen LogP contribution in [-0.2, 0) is 11.3 Å². The summed E-state index contributed by atoms with van der Waals surface area (Å²) in [5.74, 6) is -0.00142. The van der Waals surface area contributed by atoms with Gasteiger partial charge in [0, 0.05) is 0 Å².